The molecule has 2 amide bonds. The Morgan fingerprint density at radius 1 is 1.50 bits per heavy atom. The summed E-state index contributed by atoms with van der Waals surface area (Å²) in [7, 11) is 0. The highest BCUT2D eigenvalue weighted by Gasteiger charge is 2.16. The van der Waals surface area contributed by atoms with Crippen molar-refractivity contribution in [1.82, 2.24) is 5.32 Å². The fourth-order valence-corrected chi connectivity index (χ4v) is 0.577. The van der Waals surface area contributed by atoms with Crippen LogP contribution in [0.3, 0.4) is 0 Å². The summed E-state index contributed by atoms with van der Waals surface area (Å²) in [6, 6.07) is -1.22. The summed E-state index contributed by atoms with van der Waals surface area (Å²) in [5.41, 5.74) is 10.3. The van der Waals surface area contributed by atoms with Crippen LogP contribution in [-0.4, -0.2) is 23.9 Å². The Kier molecular flexibility index (Phi) is 4.28. The minimum absolute atomic E-state index is 0.344. The Labute approximate surface area is 71.5 Å². The van der Waals surface area contributed by atoms with Gasteiger partial charge in [-0.2, -0.15) is 0 Å². The third kappa shape index (κ3) is 3.34. The molecule has 5 nitrogen and oxygen atoms in total. The second-order valence-electron chi connectivity index (χ2n) is 2.65. The van der Waals surface area contributed by atoms with E-state index in [-0.39, 0.29) is 5.91 Å². The summed E-state index contributed by atoms with van der Waals surface area (Å²) in [6.07, 6.45) is 0.539. The van der Waals surface area contributed by atoms with Crippen LogP contribution < -0.4 is 16.8 Å². The first-order chi connectivity index (χ1) is 5.49. The van der Waals surface area contributed by atoms with Gasteiger partial charge in [0.15, 0.2) is 0 Å². The molecule has 5 N–H and O–H groups in total. The van der Waals surface area contributed by atoms with E-state index in [4.69, 9.17) is 11.5 Å². The van der Waals surface area contributed by atoms with Crippen molar-refractivity contribution in [3.63, 3.8) is 0 Å². The van der Waals surface area contributed by atoms with Gasteiger partial charge in [-0.3, -0.25) is 9.59 Å². The Bertz CT molecular complexity index is 181. The largest absolute Gasteiger partial charge is 0.368 e. The Morgan fingerprint density at radius 2 is 2.00 bits per heavy atom. The maximum Gasteiger partial charge on any atom is 0.239 e. The van der Waals surface area contributed by atoms with Gasteiger partial charge in [-0.15, -0.1) is 0 Å². The Hall–Kier alpha value is -1.10. The number of hydrogen-bond donors (Lipinski definition) is 3. The van der Waals surface area contributed by atoms with Crippen molar-refractivity contribution in [1.29, 1.82) is 0 Å². The molecule has 0 aliphatic heterocycles. The van der Waals surface area contributed by atoms with E-state index < -0.39 is 18.0 Å². The second kappa shape index (κ2) is 4.71. The van der Waals surface area contributed by atoms with E-state index in [2.05, 4.69) is 5.32 Å². The molecule has 0 unspecified atom stereocenters. The lowest BCUT2D eigenvalue weighted by molar-refractivity contribution is -0.127. The van der Waals surface area contributed by atoms with Crippen LogP contribution in [0.15, 0.2) is 0 Å². The van der Waals surface area contributed by atoms with Crippen LogP contribution in [0.1, 0.15) is 20.3 Å². The van der Waals surface area contributed by atoms with E-state index in [1.807, 2.05) is 0 Å². The fourth-order valence-electron chi connectivity index (χ4n) is 0.577. The number of nitrogens with two attached hydrogens (primary N) is 2. The third-order valence-corrected chi connectivity index (χ3v) is 1.56. The van der Waals surface area contributed by atoms with Crippen molar-refractivity contribution in [2.45, 2.75) is 32.4 Å². The number of amides is 2. The van der Waals surface area contributed by atoms with Gasteiger partial charge >= 0.3 is 0 Å². The maximum absolute atomic E-state index is 11.0. The normalized spacial score (nSPS) is 14.9. The summed E-state index contributed by atoms with van der Waals surface area (Å²) in [5.74, 6) is -0.907. The topological polar surface area (TPSA) is 98.2 Å². The van der Waals surface area contributed by atoms with Crippen LogP contribution in [0.4, 0.5) is 0 Å². The average Bonchev–Trinajstić information content (AvgIpc) is 2.02. The molecule has 70 valence electrons. The minimum atomic E-state index is -0.657. The molecule has 0 rings (SSSR count). The van der Waals surface area contributed by atoms with Crippen LogP contribution in [0.2, 0.25) is 0 Å². The molecule has 0 radical (unpaired) electrons. The molecular weight excluding hydrogens is 158 g/mol. The molecule has 0 aliphatic rings. The molecule has 0 bridgehead atoms. The summed E-state index contributed by atoms with van der Waals surface area (Å²) in [6.45, 7) is 3.31. The van der Waals surface area contributed by atoms with Gasteiger partial charge in [0.25, 0.3) is 0 Å². The van der Waals surface area contributed by atoms with Crippen molar-refractivity contribution < 1.29 is 9.59 Å². The third-order valence-electron chi connectivity index (χ3n) is 1.56. The molecule has 0 saturated carbocycles. The van der Waals surface area contributed by atoms with Crippen LogP contribution in [-0.2, 0) is 9.59 Å². The van der Waals surface area contributed by atoms with Gasteiger partial charge in [-0.25, -0.2) is 0 Å². The summed E-state index contributed by atoms with van der Waals surface area (Å²) in [5, 5.41) is 2.39. The number of carbonyl (C=O) groups excluding carboxylic acids is 2. The molecule has 0 fully saturated rings. The highest BCUT2D eigenvalue weighted by atomic mass is 16.2. The Morgan fingerprint density at radius 3 is 2.33 bits per heavy atom. The molecule has 0 aromatic heterocycles. The molecular formula is C7H15N3O2. The molecule has 2 atom stereocenters. The highest BCUT2D eigenvalue weighted by Crippen LogP contribution is 1.87. The van der Waals surface area contributed by atoms with E-state index >= 15 is 0 Å². The van der Waals surface area contributed by atoms with Crippen LogP contribution in [0, 0.1) is 0 Å². The second-order valence-corrected chi connectivity index (χ2v) is 2.65. The number of primary amides is 1. The summed E-state index contributed by atoms with van der Waals surface area (Å²) < 4.78 is 0. The van der Waals surface area contributed by atoms with Crippen LogP contribution >= 0.6 is 0 Å². The zero-order chi connectivity index (χ0) is 9.72. The zero-order valence-electron chi connectivity index (χ0n) is 7.33. The first-order valence-electron chi connectivity index (χ1n) is 3.84. The fraction of sp³-hybridized carbons (Fsp3) is 0.714. The number of nitrogens with one attached hydrogen (secondary N) is 1. The van der Waals surface area contributed by atoms with Crippen molar-refractivity contribution in [3.8, 4) is 0 Å². The highest BCUT2D eigenvalue weighted by molar-refractivity contribution is 5.88. The van der Waals surface area contributed by atoms with Crippen LogP contribution in [0.25, 0.3) is 0 Å². The number of hydrogen-bond acceptors (Lipinski definition) is 3. The van der Waals surface area contributed by atoms with E-state index in [1.54, 1.807) is 6.92 Å². The smallest absolute Gasteiger partial charge is 0.239 e. The van der Waals surface area contributed by atoms with Crippen molar-refractivity contribution in [2.24, 2.45) is 11.5 Å². The lowest BCUT2D eigenvalue weighted by Crippen LogP contribution is -2.48. The number of carbonyl (C=O) groups is 2. The predicted octanol–water partition coefficient (Wildman–Crippen LogP) is -1.29. The predicted molar refractivity (Wildman–Crippen MR) is 45.1 cm³/mol. The molecule has 0 aromatic carbocycles. The zero-order valence-corrected chi connectivity index (χ0v) is 7.33. The summed E-state index contributed by atoms with van der Waals surface area (Å²) in [4.78, 5) is 21.6. The van der Waals surface area contributed by atoms with E-state index in [9.17, 15) is 9.59 Å². The van der Waals surface area contributed by atoms with E-state index in [0.29, 0.717) is 6.42 Å². The lowest BCUT2D eigenvalue weighted by atomic mass is 10.2. The first-order valence-corrected chi connectivity index (χ1v) is 3.84. The van der Waals surface area contributed by atoms with E-state index in [1.165, 1.54) is 6.92 Å². The molecule has 0 aliphatic carbocycles. The molecule has 5 heteroatoms. The molecule has 0 spiro atoms. The van der Waals surface area contributed by atoms with Gasteiger partial charge in [0.1, 0.15) is 6.04 Å². The SMILES string of the molecule is CC[C@@H](N)C(=O)N[C@@H](C)C(N)=O. The standard InChI is InChI=1S/C7H15N3O2/c1-3-5(8)7(12)10-4(2)6(9)11/h4-5H,3,8H2,1-2H3,(H2,9,11)(H,10,12)/t4-,5+/m0/s1. The van der Waals surface area contributed by atoms with Crippen molar-refractivity contribution in [2.75, 3.05) is 0 Å². The van der Waals surface area contributed by atoms with Crippen LogP contribution in [0.5, 0.6) is 0 Å². The maximum atomic E-state index is 11.0. The lowest BCUT2D eigenvalue weighted by Gasteiger charge is -2.13. The molecule has 0 saturated heterocycles. The summed E-state index contributed by atoms with van der Waals surface area (Å²) >= 11 is 0. The van der Waals surface area contributed by atoms with Gasteiger partial charge in [0.05, 0.1) is 6.04 Å². The Balaban J connectivity index is 3.92. The molecule has 0 heterocycles. The van der Waals surface area contributed by atoms with E-state index in [0.717, 1.165) is 0 Å². The monoisotopic (exact) mass is 173 g/mol. The number of rotatable bonds is 4. The van der Waals surface area contributed by atoms with Gasteiger partial charge < -0.3 is 16.8 Å². The minimum Gasteiger partial charge on any atom is -0.368 e. The van der Waals surface area contributed by atoms with Gasteiger partial charge in [0, 0.05) is 0 Å². The average molecular weight is 173 g/mol. The van der Waals surface area contributed by atoms with Gasteiger partial charge in [-0.1, -0.05) is 6.92 Å². The van der Waals surface area contributed by atoms with Gasteiger partial charge in [0.2, 0.25) is 11.8 Å². The van der Waals surface area contributed by atoms with Crippen molar-refractivity contribution in [3.05, 3.63) is 0 Å². The quantitative estimate of drug-likeness (QED) is 0.493. The molecule has 0 aromatic rings. The first kappa shape index (κ1) is 10.9. The molecule has 12 heavy (non-hydrogen) atoms. The van der Waals surface area contributed by atoms with Gasteiger partial charge in [-0.05, 0) is 13.3 Å². The van der Waals surface area contributed by atoms with Crippen molar-refractivity contribution >= 4 is 11.8 Å².